The highest BCUT2D eigenvalue weighted by Crippen LogP contribution is 2.18. The minimum Gasteiger partial charge on any atom is -0.348 e. The van der Waals surface area contributed by atoms with Crippen molar-refractivity contribution in [2.75, 3.05) is 39.3 Å². The summed E-state index contributed by atoms with van der Waals surface area (Å²) in [5.41, 5.74) is 6.41. The Balaban J connectivity index is 1.91. The average molecular weight is 397 g/mol. The third kappa shape index (κ3) is 5.28. The van der Waals surface area contributed by atoms with Gasteiger partial charge in [0.05, 0.1) is 17.0 Å². The van der Waals surface area contributed by atoms with Gasteiger partial charge in [-0.05, 0) is 31.9 Å². The van der Waals surface area contributed by atoms with E-state index in [1.54, 1.807) is 24.3 Å². The molecule has 0 radical (unpaired) electrons. The van der Waals surface area contributed by atoms with Crippen molar-refractivity contribution < 1.29 is 13.2 Å². The summed E-state index contributed by atoms with van der Waals surface area (Å²) in [5, 5.41) is 3.02. The van der Waals surface area contributed by atoms with Crippen LogP contribution in [0.2, 0.25) is 0 Å². The highest BCUT2D eigenvalue weighted by Gasteiger charge is 2.31. The summed E-state index contributed by atoms with van der Waals surface area (Å²) >= 11 is 0. The van der Waals surface area contributed by atoms with Gasteiger partial charge in [0.15, 0.2) is 0 Å². The Bertz CT molecular complexity index is 741. The van der Waals surface area contributed by atoms with Crippen LogP contribution in [0.3, 0.4) is 0 Å². The summed E-state index contributed by atoms with van der Waals surface area (Å²) in [6, 6.07) is 6.89. The van der Waals surface area contributed by atoms with Crippen molar-refractivity contribution in [3.8, 4) is 0 Å². The predicted molar refractivity (Wildman–Crippen MR) is 107 cm³/mol. The van der Waals surface area contributed by atoms with E-state index in [1.807, 2.05) is 32.6 Å². The molecule has 27 heavy (non-hydrogen) atoms. The number of hydrogen-bond donors (Lipinski definition) is 2. The molecule has 1 atom stereocenters. The summed E-state index contributed by atoms with van der Waals surface area (Å²) in [4.78, 5) is 14.7. The van der Waals surface area contributed by atoms with Crippen LogP contribution >= 0.6 is 0 Å². The number of carbonyl (C=O) groups excluding carboxylic acids is 1. The fourth-order valence-corrected chi connectivity index (χ4v) is 4.40. The summed E-state index contributed by atoms with van der Waals surface area (Å²) in [6.45, 7) is 10.4. The molecular formula is C19H32N4O3S. The lowest BCUT2D eigenvalue weighted by Crippen LogP contribution is -2.58. The van der Waals surface area contributed by atoms with Crippen molar-refractivity contribution in [3.63, 3.8) is 0 Å². The molecular weight excluding hydrogens is 364 g/mol. The Morgan fingerprint density at radius 2 is 1.74 bits per heavy atom. The summed E-state index contributed by atoms with van der Waals surface area (Å²) in [6.07, 6.45) is 0. The van der Waals surface area contributed by atoms with Crippen molar-refractivity contribution in [2.24, 2.45) is 11.7 Å². The second kappa shape index (κ2) is 8.68. The Morgan fingerprint density at radius 3 is 2.22 bits per heavy atom. The van der Waals surface area contributed by atoms with E-state index in [0.29, 0.717) is 37.6 Å². The van der Waals surface area contributed by atoms with Crippen LogP contribution in [-0.2, 0) is 14.8 Å². The first-order valence-corrected chi connectivity index (χ1v) is 10.8. The number of nitrogens with zero attached hydrogens (tertiary/aromatic N) is 2. The second-order valence-electron chi connectivity index (χ2n) is 7.82. The minimum atomic E-state index is -3.49. The lowest BCUT2D eigenvalue weighted by Gasteiger charge is -2.36. The Morgan fingerprint density at radius 1 is 1.19 bits per heavy atom. The number of benzene rings is 1. The van der Waals surface area contributed by atoms with Crippen LogP contribution in [0.4, 0.5) is 0 Å². The van der Waals surface area contributed by atoms with Crippen LogP contribution in [0.1, 0.15) is 26.3 Å². The van der Waals surface area contributed by atoms with Gasteiger partial charge in [0.2, 0.25) is 15.9 Å². The van der Waals surface area contributed by atoms with Gasteiger partial charge in [-0.15, -0.1) is 0 Å². The molecule has 1 saturated heterocycles. The van der Waals surface area contributed by atoms with E-state index in [1.165, 1.54) is 4.31 Å². The predicted octanol–water partition coefficient (Wildman–Crippen LogP) is 0.791. The van der Waals surface area contributed by atoms with Gasteiger partial charge in [-0.3, -0.25) is 9.69 Å². The lowest BCUT2D eigenvalue weighted by molar-refractivity contribution is -0.124. The maximum atomic E-state index is 12.7. The summed E-state index contributed by atoms with van der Waals surface area (Å²) in [5.74, 6) is 0.148. The van der Waals surface area contributed by atoms with E-state index in [-0.39, 0.29) is 18.4 Å². The number of sulfonamides is 1. The lowest BCUT2D eigenvalue weighted by atomic mass is 9.88. The van der Waals surface area contributed by atoms with Crippen molar-refractivity contribution in [1.29, 1.82) is 0 Å². The van der Waals surface area contributed by atoms with E-state index < -0.39 is 15.6 Å². The monoisotopic (exact) mass is 396 g/mol. The molecule has 0 spiro atoms. The second-order valence-corrected chi connectivity index (χ2v) is 9.76. The van der Waals surface area contributed by atoms with Crippen LogP contribution < -0.4 is 11.1 Å². The first kappa shape index (κ1) is 21.8. The van der Waals surface area contributed by atoms with E-state index in [9.17, 15) is 13.2 Å². The normalized spacial score (nSPS) is 19.0. The fourth-order valence-electron chi connectivity index (χ4n) is 2.98. The number of nitrogens with two attached hydrogens (primary N) is 1. The Labute approximate surface area is 163 Å². The Kier molecular flexibility index (Phi) is 7.02. The number of piperazine rings is 1. The quantitative estimate of drug-likeness (QED) is 0.710. The smallest absolute Gasteiger partial charge is 0.243 e. The molecule has 0 aliphatic carbocycles. The molecule has 0 saturated carbocycles. The van der Waals surface area contributed by atoms with Crippen LogP contribution in [0, 0.1) is 12.8 Å². The van der Waals surface area contributed by atoms with Gasteiger partial charge in [-0.1, -0.05) is 31.5 Å². The molecule has 2 rings (SSSR count). The molecule has 1 amide bonds. The SMILES string of the molecule is Cc1ccc(S(=O)(=O)N2CCN(CC(=O)NC(C)(CN)C(C)C)CC2)cc1. The highest BCUT2D eigenvalue weighted by atomic mass is 32.2. The van der Waals surface area contributed by atoms with Gasteiger partial charge < -0.3 is 11.1 Å². The number of amides is 1. The van der Waals surface area contributed by atoms with Gasteiger partial charge in [-0.2, -0.15) is 4.31 Å². The first-order chi connectivity index (χ1) is 12.6. The van der Waals surface area contributed by atoms with E-state index in [2.05, 4.69) is 5.32 Å². The maximum Gasteiger partial charge on any atom is 0.243 e. The van der Waals surface area contributed by atoms with E-state index in [0.717, 1.165) is 5.56 Å². The van der Waals surface area contributed by atoms with Crippen molar-refractivity contribution >= 4 is 15.9 Å². The topological polar surface area (TPSA) is 95.7 Å². The molecule has 1 aliphatic rings. The number of carbonyl (C=O) groups is 1. The zero-order valence-electron chi connectivity index (χ0n) is 16.7. The summed E-state index contributed by atoms with van der Waals surface area (Å²) in [7, 11) is -3.49. The molecule has 0 aromatic heterocycles. The first-order valence-electron chi connectivity index (χ1n) is 9.39. The van der Waals surface area contributed by atoms with Crippen molar-refractivity contribution in [1.82, 2.24) is 14.5 Å². The molecule has 3 N–H and O–H groups in total. The van der Waals surface area contributed by atoms with Crippen molar-refractivity contribution in [2.45, 2.75) is 38.1 Å². The van der Waals surface area contributed by atoms with Crippen LogP contribution in [0.25, 0.3) is 0 Å². The number of nitrogens with one attached hydrogen (secondary N) is 1. The third-order valence-corrected chi connectivity index (χ3v) is 7.39. The molecule has 1 aliphatic heterocycles. The molecule has 0 bridgehead atoms. The molecule has 1 aromatic carbocycles. The fraction of sp³-hybridized carbons (Fsp3) is 0.632. The third-order valence-electron chi connectivity index (χ3n) is 5.48. The summed E-state index contributed by atoms with van der Waals surface area (Å²) < 4.78 is 27.0. The molecule has 8 heteroatoms. The molecule has 1 unspecified atom stereocenters. The zero-order valence-corrected chi connectivity index (χ0v) is 17.6. The molecule has 1 fully saturated rings. The highest BCUT2D eigenvalue weighted by molar-refractivity contribution is 7.89. The van der Waals surface area contributed by atoms with Crippen molar-refractivity contribution in [3.05, 3.63) is 29.8 Å². The van der Waals surface area contributed by atoms with Crippen LogP contribution in [0.5, 0.6) is 0 Å². The van der Waals surface area contributed by atoms with E-state index in [4.69, 9.17) is 5.73 Å². The van der Waals surface area contributed by atoms with Crippen LogP contribution in [0.15, 0.2) is 29.2 Å². The van der Waals surface area contributed by atoms with Gasteiger partial charge in [-0.25, -0.2) is 8.42 Å². The van der Waals surface area contributed by atoms with Crippen LogP contribution in [-0.4, -0.2) is 68.3 Å². The minimum absolute atomic E-state index is 0.0773. The zero-order chi connectivity index (χ0) is 20.2. The number of hydrogen-bond acceptors (Lipinski definition) is 5. The largest absolute Gasteiger partial charge is 0.348 e. The van der Waals surface area contributed by atoms with Gasteiger partial charge in [0.25, 0.3) is 0 Å². The van der Waals surface area contributed by atoms with Gasteiger partial charge in [0.1, 0.15) is 0 Å². The molecule has 152 valence electrons. The Hall–Kier alpha value is -1.48. The number of aryl methyl sites for hydroxylation is 1. The molecule has 1 heterocycles. The maximum absolute atomic E-state index is 12.7. The average Bonchev–Trinajstić information content (AvgIpc) is 2.62. The standard InChI is InChI=1S/C19H32N4O3S/c1-15(2)19(4,14-20)21-18(24)13-22-9-11-23(12-10-22)27(25,26)17-7-5-16(3)6-8-17/h5-8,15H,9-14,20H2,1-4H3,(H,21,24). The molecule has 1 aromatic rings. The number of rotatable bonds is 7. The van der Waals surface area contributed by atoms with Gasteiger partial charge >= 0.3 is 0 Å². The van der Waals surface area contributed by atoms with E-state index >= 15 is 0 Å². The van der Waals surface area contributed by atoms with Gasteiger partial charge in [0, 0.05) is 32.7 Å². The molecule has 7 nitrogen and oxygen atoms in total.